The Labute approximate surface area is 123 Å². The van der Waals surface area contributed by atoms with Gasteiger partial charge in [-0.3, -0.25) is 20.8 Å². The number of para-hydroxylation sites is 1. The first kappa shape index (κ1) is 15.2. The summed E-state index contributed by atoms with van der Waals surface area (Å²) in [6, 6.07) is 4.33. The number of hydrogen-bond acceptors (Lipinski definition) is 5. The predicted octanol–water partition coefficient (Wildman–Crippen LogP) is 2.33. The quantitative estimate of drug-likeness (QED) is 0.448. The average molecular weight is 292 g/mol. The van der Waals surface area contributed by atoms with Gasteiger partial charge in [0.25, 0.3) is 11.6 Å². The number of carbonyl (C=O) groups is 1. The number of anilines is 1. The number of nitrogens with one attached hydrogen (secondary N) is 2. The fourth-order valence-corrected chi connectivity index (χ4v) is 2.83. The molecule has 2 rings (SSSR count). The lowest BCUT2D eigenvalue weighted by molar-refractivity contribution is -0.384. The van der Waals surface area contributed by atoms with E-state index in [0.29, 0.717) is 0 Å². The summed E-state index contributed by atoms with van der Waals surface area (Å²) < 4.78 is 0. The first-order valence-corrected chi connectivity index (χ1v) is 7.03. The molecule has 1 saturated carbocycles. The van der Waals surface area contributed by atoms with Crippen molar-refractivity contribution >= 4 is 17.3 Å². The number of rotatable bonds is 4. The zero-order valence-corrected chi connectivity index (χ0v) is 12.0. The maximum atomic E-state index is 12.4. The van der Waals surface area contributed by atoms with Gasteiger partial charge in [0, 0.05) is 11.6 Å². The number of nitrogens with two attached hydrogens (primary N) is 1. The van der Waals surface area contributed by atoms with Crippen molar-refractivity contribution in [1.29, 1.82) is 0 Å². The van der Waals surface area contributed by atoms with E-state index in [2.05, 4.69) is 10.7 Å². The van der Waals surface area contributed by atoms with Crippen LogP contribution in [0, 0.1) is 10.1 Å². The number of nitrogen functional groups attached to an aromatic ring is 1. The first-order valence-electron chi connectivity index (χ1n) is 7.03. The number of nitrogens with zero attached hydrogens (tertiary/aromatic N) is 1. The summed E-state index contributed by atoms with van der Waals surface area (Å²) in [5.41, 5.74) is 2.04. The molecule has 0 aromatic heterocycles. The van der Waals surface area contributed by atoms with Crippen LogP contribution in [-0.4, -0.2) is 16.4 Å². The highest BCUT2D eigenvalue weighted by Gasteiger charge is 2.30. The van der Waals surface area contributed by atoms with Gasteiger partial charge in [0.1, 0.15) is 5.69 Å². The van der Waals surface area contributed by atoms with Crippen molar-refractivity contribution in [2.24, 2.45) is 5.84 Å². The Balaban J connectivity index is 2.26. The number of amides is 1. The van der Waals surface area contributed by atoms with Crippen molar-refractivity contribution in [1.82, 2.24) is 5.32 Å². The number of carbonyl (C=O) groups excluding carboxylic acids is 1. The maximum absolute atomic E-state index is 12.4. The number of nitro benzene ring substituents is 1. The summed E-state index contributed by atoms with van der Waals surface area (Å²) >= 11 is 0. The molecule has 7 heteroatoms. The zero-order valence-electron chi connectivity index (χ0n) is 12.0. The van der Waals surface area contributed by atoms with Gasteiger partial charge >= 0.3 is 0 Å². The summed E-state index contributed by atoms with van der Waals surface area (Å²) in [4.78, 5) is 22.9. The monoisotopic (exact) mass is 292 g/mol. The lowest BCUT2D eigenvalue weighted by Gasteiger charge is -2.34. The molecule has 1 fully saturated rings. The lowest BCUT2D eigenvalue weighted by atomic mass is 9.83. The lowest BCUT2D eigenvalue weighted by Crippen LogP contribution is -2.47. The third-order valence-corrected chi connectivity index (χ3v) is 4.00. The minimum atomic E-state index is -0.561. The highest BCUT2D eigenvalue weighted by Crippen LogP contribution is 2.30. The van der Waals surface area contributed by atoms with Crippen molar-refractivity contribution in [3.8, 4) is 0 Å². The first-order chi connectivity index (χ1) is 9.97. The molecule has 4 N–H and O–H groups in total. The van der Waals surface area contributed by atoms with E-state index in [1.165, 1.54) is 24.6 Å². The molecule has 0 aliphatic heterocycles. The van der Waals surface area contributed by atoms with Gasteiger partial charge in [-0.1, -0.05) is 25.3 Å². The van der Waals surface area contributed by atoms with Crippen LogP contribution in [0.2, 0.25) is 0 Å². The normalized spacial score (nSPS) is 17.0. The van der Waals surface area contributed by atoms with Crippen LogP contribution in [0.1, 0.15) is 49.4 Å². The molecule has 21 heavy (non-hydrogen) atoms. The predicted molar refractivity (Wildman–Crippen MR) is 79.9 cm³/mol. The van der Waals surface area contributed by atoms with Crippen LogP contribution in [0.4, 0.5) is 11.4 Å². The number of hydrazine groups is 1. The zero-order chi connectivity index (χ0) is 15.5. The molecule has 0 heterocycles. The van der Waals surface area contributed by atoms with Gasteiger partial charge in [0.05, 0.1) is 10.5 Å². The Hall–Kier alpha value is -2.15. The fourth-order valence-electron chi connectivity index (χ4n) is 2.83. The molecule has 0 bridgehead atoms. The van der Waals surface area contributed by atoms with E-state index in [9.17, 15) is 14.9 Å². The van der Waals surface area contributed by atoms with Gasteiger partial charge in [-0.2, -0.15) is 0 Å². The molecule has 1 aromatic rings. The Morgan fingerprint density at radius 3 is 2.57 bits per heavy atom. The Morgan fingerprint density at radius 2 is 2.00 bits per heavy atom. The molecule has 114 valence electrons. The van der Waals surface area contributed by atoms with E-state index < -0.39 is 4.92 Å². The molecular formula is C14H20N4O3. The summed E-state index contributed by atoms with van der Waals surface area (Å²) in [7, 11) is 0. The highest BCUT2D eigenvalue weighted by atomic mass is 16.6. The minimum Gasteiger partial charge on any atom is -0.347 e. The summed E-state index contributed by atoms with van der Waals surface area (Å²) in [6.07, 6.45) is 5.16. The third kappa shape index (κ3) is 3.30. The van der Waals surface area contributed by atoms with Gasteiger partial charge in [-0.05, 0) is 25.8 Å². The summed E-state index contributed by atoms with van der Waals surface area (Å²) in [5, 5.41) is 14.0. The van der Waals surface area contributed by atoms with Crippen LogP contribution in [0.15, 0.2) is 18.2 Å². The minimum absolute atomic E-state index is 0.0411. The SMILES string of the molecule is CC1(NC(=O)c2cccc([N+](=O)[O-])c2NN)CCCCC1. The largest absolute Gasteiger partial charge is 0.347 e. The van der Waals surface area contributed by atoms with Crippen LogP contribution in [-0.2, 0) is 0 Å². The van der Waals surface area contributed by atoms with Crippen molar-refractivity contribution < 1.29 is 9.72 Å². The molecular weight excluding hydrogens is 272 g/mol. The second-order valence-electron chi connectivity index (χ2n) is 5.68. The van der Waals surface area contributed by atoms with Crippen molar-refractivity contribution in [2.45, 2.75) is 44.6 Å². The van der Waals surface area contributed by atoms with E-state index in [0.717, 1.165) is 25.7 Å². The molecule has 0 unspecified atom stereocenters. The topological polar surface area (TPSA) is 110 Å². The van der Waals surface area contributed by atoms with E-state index >= 15 is 0 Å². The van der Waals surface area contributed by atoms with Crippen molar-refractivity contribution in [2.75, 3.05) is 5.43 Å². The smallest absolute Gasteiger partial charge is 0.294 e. The average Bonchev–Trinajstić information content (AvgIpc) is 2.46. The second-order valence-corrected chi connectivity index (χ2v) is 5.68. The second kappa shape index (κ2) is 6.09. The summed E-state index contributed by atoms with van der Waals surface area (Å²) in [5.74, 6) is 5.02. The van der Waals surface area contributed by atoms with E-state index in [4.69, 9.17) is 5.84 Å². The van der Waals surface area contributed by atoms with Gasteiger partial charge in [0.15, 0.2) is 0 Å². The van der Waals surface area contributed by atoms with Crippen molar-refractivity contribution in [3.63, 3.8) is 0 Å². The summed E-state index contributed by atoms with van der Waals surface area (Å²) in [6.45, 7) is 2.01. The van der Waals surface area contributed by atoms with Crippen LogP contribution >= 0.6 is 0 Å². The number of benzene rings is 1. The number of hydrogen-bond donors (Lipinski definition) is 3. The standard InChI is InChI=1S/C14H20N4O3/c1-14(8-3-2-4-9-14)16-13(19)10-6-5-7-11(18(20)21)12(10)17-15/h5-7,17H,2-4,8-9,15H2,1H3,(H,16,19). The van der Waals surface area contributed by atoms with E-state index in [1.807, 2.05) is 6.92 Å². The van der Waals surface area contributed by atoms with Gasteiger partial charge in [0.2, 0.25) is 0 Å². The Kier molecular flexibility index (Phi) is 4.42. The number of nitro groups is 1. The molecule has 0 saturated heterocycles. The van der Waals surface area contributed by atoms with Gasteiger partial charge in [-0.25, -0.2) is 0 Å². The molecule has 1 amide bonds. The molecule has 7 nitrogen and oxygen atoms in total. The highest BCUT2D eigenvalue weighted by molar-refractivity contribution is 6.01. The van der Waals surface area contributed by atoms with E-state index in [-0.39, 0.29) is 28.4 Å². The molecule has 0 atom stereocenters. The van der Waals surface area contributed by atoms with Gasteiger partial charge < -0.3 is 10.7 Å². The van der Waals surface area contributed by atoms with Crippen LogP contribution in [0.25, 0.3) is 0 Å². The Morgan fingerprint density at radius 1 is 1.33 bits per heavy atom. The van der Waals surface area contributed by atoms with Crippen LogP contribution in [0.3, 0.4) is 0 Å². The molecule has 1 aliphatic rings. The van der Waals surface area contributed by atoms with Crippen LogP contribution < -0.4 is 16.6 Å². The van der Waals surface area contributed by atoms with Crippen LogP contribution in [0.5, 0.6) is 0 Å². The fraction of sp³-hybridized carbons (Fsp3) is 0.500. The Bertz CT molecular complexity index is 553. The molecule has 1 aliphatic carbocycles. The third-order valence-electron chi connectivity index (χ3n) is 4.00. The van der Waals surface area contributed by atoms with E-state index in [1.54, 1.807) is 0 Å². The van der Waals surface area contributed by atoms with Gasteiger partial charge in [-0.15, -0.1) is 0 Å². The molecule has 0 spiro atoms. The molecule has 0 radical (unpaired) electrons. The molecule has 1 aromatic carbocycles. The van der Waals surface area contributed by atoms with Crippen molar-refractivity contribution in [3.05, 3.63) is 33.9 Å². The maximum Gasteiger partial charge on any atom is 0.294 e.